The fourth-order valence-electron chi connectivity index (χ4n) is 2.06. The minimum absolute atomic E-state index is 0. The Hall–Kier alpha value is -1.56. The van der Waals surface area contributed by atoms with Gasteiger partial charge in [0, 0.05) is 7.97 Å². The molecule has 0 bridgehead atoms. The Labute approximate surface area is 88.2 Å². The van der Waals surface area contributed by atoms with E-state index in [9.17, 15) is 13.2 Å². The van der Waals surface area contributed by atoms with Crippen molar-refractivity contribution in [1.29, 1.82) is 0 Å². The molecule has 0 spiro atoms. The third-order valence-electron chi connectivity index (χ3n) is 2.71. The zero-order chi connectivity index (χ0) is 10.6. The zero-order valence-electron chi connectivity index (χ0n) is 7.73. The molecule has 0 saturated heterocycles. The number of urea groups is 1. The molecule has 3 rings (SSSR count). The van der Waals surface area contributed by atoms with Gasteiger partial charge in [0.2, 0.25) is 0 Å². The maximum Gasteiger partial charge on any atom is 0.335 e. The van der Waals surface area contributed by atoms with Gasteiger partial charge in [-0.3, -0.25) is 4.90 Å². The molecule has 5 nitrogen and oxygen atoms in total. The smallest absolute Gasteiger partial charge is 0.292 e. The molecule has 2 aliphatic rings. The number of hydrogen-bond acceptors (Lipinski definition) is 3. The molecule has 0 unspecified atom stereocenters. The lowest BCUT2D eigenvalue weighted by atomic mass is 10.2. The van der Waals surface area contributed by atoms with Crippen LogP contribution in [0.1, 0.15) is 6.99 Å². The molecule has 2 amide bonds. The Balaban J connectivity index is 0.000000963. The van der Waals surface area contributed by atoms with Crippen LogP contribution in [0.25, 0.3) is 0 Å². The van der Waals surface area contributed by atoms with Crippen LogP contribution in [0.4, 0.5) is 10.5 Å². The monoisotopic (exact) mass is 226 g/mol. The molecule has 6 heteroatoms. The van der Waals surface area contributed by atoms with Gasteiger partial charge in [-0.05, 0) is 18.1 Å². The second-order valence-corrected chi connectivity index (χ2v) is 5.23. The summed E-state index contributed by atoms with van der Waals surface area (Å²) in [5, 5.41) is 0. The molecule has 0 aromatic heterocycles. The van der Waals surface area contributed by atoms with Crippen LogP contribution >= 0.6 is 0 Å². The summed E-state index contributed by atoms with van der Waals surface area (Å²) in [7, 11) is -3.65. The average molecular weight is 226 g/mol. The van der Waals surface area contributed by atoms with E-state index in [1.165, 1.54) is 11.0 Å². The normalized spacial score (nSPS) is 21.1. The second-order valence-electron chi connectivity index (χ2n) is 3.58. The van der Waals surface area contributed by atoms with Crippen LogP contribution in [0.3, 0.4) is 0 Å². The van der Waals surface area contributed by atoms with E-state index in [0.29, 0.717) is 18.7 Å². The molecule has 1 N–H and O–H groups in total. The highest BCUT2D eigenvalue weighted by Crippen LogP contribution is 2.37. The maximum atomic E-state index is 11.7. The van der Waals surface area contributed by atoms with Gasteiger partial charge in [0.15, 0.2) is 0 Å². The van der Waals surface area contributed by atoms with Gasteiger partial charge < -0.3 is 0 Å². The first-order chi connectivity index (χ1) is 7.09. The Bertz CT molecular complexity index is 570. The molecule has 2 heterocycles. The molecule has 0 aliphatic carbocycles. The van der Waals surface area contributed by atoms with Gasteiger partial charge in [0.25, 0.3) is 10.0 Å². The van der Waals surface area contributed by atoms with Crippen LogP contribution in [0, 0.1) is 0 Å². The highest BCUT2D eigenvalue weighted by Gasteiger charge is 2.38. The van der Waals surface area contributed by atoms with Gasteiger partial charge >= 0.3 is 6.03 Å². The van der Waals surface area contributed by atoms with Gasteiger partial charge in [-0.25, -0.2) is 17.9 Å². The quantitative estimate of drug-likeness (QED) is 0.708. The van der Waals surface area contributed by atoms with E-state index in [-0.39, 0.29) is 6.32 Å². The van der Waals surface area contributed by atoms with Crippen molar-refractivity contribution >= 4 is 21.7 Å². The molecular formula is C9H10N2O3S. The fraction of sp³-hybridized carbons (Fsp3) is 0.222. The molecule has 1 aromatic rings. The number of amides is 2. The summed E-state index contributed by atoms with van der Waals surface area (Å²) in [6.45, 7) is 0.549. The average Bonchev–Trinajstić information content (AvgIpc) is 2.58. The zero-order valence-corrected chi connectivity index (χ0v) is 8.54. The summed E-state index contributed by atoms with van der Waals surface area (Å²) >= 11 is 0. The molecule has 0 atom stereocenters. The van der Waals surface area contributed by atoms with Crippen molar-refractivity contribution in [3.05, 3.63) is 23.8 Å². The van der Waals surface area contributed by atoms with Crippen molar-refractivity contribution in [2.45, 2.75) is 11.3 Å². The summed E-state index contributed by atoms with van der Waals surface area (Å²) < 4.78 is 25.3. The van der Waals surface area contributed by atoms with Crippen LogP contribution in [0.2, 0.25) is 0 Å². The van der Waals surface area contributed by atoms with Crippen molar-refractivity contribution in [3.63, 3.8) is 0 Å². The molecule has 80 valence electrons. The SMILES string of the molecule is O=C1NS(=O)(=O)c2cccc3c2N1CC3.[HH]. The first-order valence-electron chi connectivity index (χ1n) is 4.56. The van der Waals surface area contributed by atoms with Gasteiger partial charge in [0.1, 0.15) is 4.90 Å². The van der Waals surface area contributed by atoms with E-state index in [1.54, 1.807) is 6.07 Å². The molecule has 0 radical (unpaired) electrons. The minimum Gasteiger partial charge on any atom is -0.292 e. The van der Waals surface area contributed by atoms with Gasteiger partial charge in [-0.15, -0.1) is 0 Å². The Morgan fingerprint density at radius 2 is 2.20 bits per heavy atom. The number of nitrogens with zero attached hydrogens (tertiary/aromatic N) is 1. The number of carbonyl (C=O) groups is 1. The number of carbonyl (C=O) groups excluding carboxylic acids is 1. The van der Waals surface area contributed by atoms with Crippen molar-refractivity contribution in [2.75, 3.05) is 11.4 Å². The number of hydrogen-bond donors (Lipinski definition) is 1. The molecular weight excluding hydrogens is 216 g/mol. The van der Waals surface area contributed by atoms with Crippen molar-refractivity contribution in [3.8, 4) is 0 Å². The Kier molecular flexibility index (Phi) is 1.46. The van der Waals surface area contributed by atoms with E-state index in [0.717, 1.165) is 5.56 Å². The minimum atomic E-state index is -3.65. The molecule has 2 aliphatic heterocycles. The number of nitrogens with one attached hydrogen (secondary N) is 1. The van der Waals surface area contributed by atoms with Crippen molar-refractivity contribution in [1.82, 2.24) is 4.72 Å². The van der Waals surface area contributed by atoms with Crippen LogP contribution in [0.5, 0.6) is 0 Å². The van der Waals surface area contributed by atoms with E-state index < -0.39 is 16.1 Å². The molecule has 15 heavy (non-hydrogen) atoms. The van der Waals surface area contributed by atoms with E-state index >= 15 is 0 Å². The van der Waals surface area contributed by atoms with Gasteiger partial charge in [-0.1, -0.05) is 12.1 Å². The predicted molar refractivity (Wildman–Crippen MR) is 55.3 cm³/mol. The summed E-state index contributed by atoms with van der Waals surface area (Å²) in [4.78, 5) is 13.2. The highest BCUT2D eigenvalue weighted by atomic mass is 32.2. The van der Waals surface area contributed by atoms with Crippen molar-refractivity contribution in [2.24, 2.45) is 0 Å². The van der Waals surface area contributed by atoms with Crippen LogP contribution in [0.15, 0.2) is 23.1 Å². The third-order valence-corrected chi connectivity index (χ3v) is 4.07. The van der Waals surface area contributed by atoms with E-state index in [4.69, 9.17) is 0 Å². The maximum absolute atomic E-state index is 11.7. The van der Waals surface area contributed by atoms with Crippen LogP contribution < -0.4 is 9.62 Å². The second kappa shape index (κ2) is 2.52. The number of anilines is 1. The lowest BCUT2D eigenvalue weighted by Gasteiger charge is -2.25. The van der Waals surface area contributed by atoms with Gasteiger partial charge in [-0.2, -0.15) is 0 Å². The number of benzene rings is 1. The molecule has 0 saturated carbocycles. The summed E-state index contributed by atoms with van der Waals surface area (Å²) in [5.41, 5.74) is 1.48. The topological polar surface area (TPSA) is 66.5 Å². The summed E-state index contributed by atoms with van der Waals surface area (Å²) in [6.07, 6.45) is 0.714. The first-order valence-corrected chi connectivity index (χ1v) is 6.04. The van der Waals surface area contributed by atoms with E-state index in [1.807, 2.05) is 10.8 Å². The van der Waals surface area contributed by atoms with Crippen molar-refractivity contribution < 1.29 is 14.6 Å². The fourth-order valence-corrected chi connectivity index (χ4v) is 3.27. The van der Waals surface area contributed by atoms with Crippen LogP contribution in [-0.4, -0.2) is 21.0 Å². The van der Waals surface area contributed by atoms with E-state index in [2.05, 4.69) is 0 Å². The lowest BCUT2D eigenvalue weighted by molar-refractivity contribution is 0.251. The standard InChI is InChI=1S/C9H8N2O3S.H2/c12-9-10-15(13,14)7-3-1-2-6-4-5-11(9)8(6)7;/h1-3H,4-5H2,(H,10,12);1H. The first kappa shape index (κ1) is 8.72. The number of rotatable bonds is 0. The number of sulfonamides is 1. The Morgan fingerprint density at radius 1 is 1.40 bits per heavy atom. The lowest BCUT2D eigenvalue weighted by Crippen LogP contribution is -2.46. The number of para-hydroxylation sites is 1. The Morgan fingerprint density at radius 3 is 3.00 bits per heavy atom. The van der Waals surface area contributed by atoms with Crippen LogP contribution in [-0.2, 0) is 16.4 Å². The summed E-state index contributed by atoms with van der Waals surface area (Å²) in [6, 6.07) is 4.53. The third kappa shape index (κ3) is 1.02. The molecule has 0 fully saturated rings. The largest absolute Gasteiger partial charge is 0.335 e. The predicted octanol–water partition coefficient (Wildman–Crippen LogP) is 0.707. The molecule has 1 aromatic carbocycles. The summed E-state index contributed by atoms with van der Waals surface area (Å²) in [5.74, 6) is 0. The highest BCUT2D eigenvalue weighted by molar-refractivity contribution is 7.90. The van der Waals surface area contributed by atoms with Gasteiger partial charge in [0.05, 0.1) is 5.69 Å².